The van der Waals surface area contributed by atoms with E-state index in [4.69, 9.17) is 4.74 Å². The summed E-state index contributed by atoms with van der Waals surface area (Å²) in [5.74, 6) is 2.23. The lowest BCUT2D eigenvalue weighted by molar-refractivity contribution is -0.136. The molecule has 1 N–H and O–H groups in total. The lowest BCUT2D eigenvalue weighted by Crippen LogP contribution is -2.34. The molecule has 0 radical (unpaired) electrons. The number of carbonyl (C=O) groups is 2. The lowest BCUT2D eigenvalue weighted by atomic mass is 10.00. The monoisotopic (exact) mass is 375 g/mol. The highest BCUT2D eigenvalue weighted by molar-refractivity contribution is 6.83. The van der Waals surface area contributed by atoms with Crippen LogP contribution in [0.3, 0.4) is 0 Å². The predicted molar refractivity (Wildman–Crippen MR) is 107 cm³/mol. The third-order valence-corrected chi connectivity index (χ3v) is 4.32. The van der Waals surface area contributed by atoms with Gasteiger partial charge in [0, 0.05) is 12.6 Å². The molecule has 0 aromatic heterocycles. The molecule has 0 aliphatic heterocycles. The summed E-state index contributed by atoms with van der Waals surface area (Å²) in [5.41, 5.74) is 5.36. The summed E-state index contributed by atoms with van der Waals surface area (Å²) in [4.78, 5) is 25.1. The molecule has 0 heterocycles. The van der Waals surface area contributed by atoms with Crippen molar-refractivity contribution in [2.45, 2.75) is 59.4 Å². The Kier molecular flexibility index (Phi) is 6.67. The van der Waals surface area contributed by atoms with Crippen molar-refractivity contribution in [3.8, 4) is 11.5 Å². The number of anilines is 1. The van der Waals surface area contributed by atoms with Gasteiger partial charge in [-0.1, -0.05) is 25.6 Å². The molecule has 0 aliphatic rings. The molecule has 0 saturated carbocycles. The molecule has 1 aromatic carbocycles. The molecule has 1 amide bonds. The fourth-order valence-electron chi connectivity index (χ4n) is 2.21. The van der Waals surface area contributed by atoms with E-state index in [1.165, 1.54) is 4.90 Å². The maximum absolute atomic E-state index is 12.4. The van der Waals surface area contributed by atoms with Crippen molar-refractivity contribution in [2.24, 2.45) is 0 Å². The Bertz CT molecular complexity index is 761. The second-order valence-corrected chi connectivity index (χ2v) is 13.1. The summed E-state index contributed by atoms with van der Waals surface area (Å²) in [6.07, 6.45) is -0.610. The Balaban J connectivity index is 3.41. The summed E-state index contributed by atoms with van der Waals surface area (Å²) in [5, 5.41) is 9.20. The van der Waals surface area contributed by atoms with Gasteiger partial charge in [-0.15, -0.1) is 5.54 Å². The second-order valence-electron chi connectivity index (χ2n) is 8.39. The van der Waals surface area contributed by atoms with Crippen molar-refractivity contribution in [1.29, 1.82) is 0 Å². The topological polar surface area (TPSA) is 66.8 Å². The third-order valence-electron chi connectivity index (χ3n) is 3.44. The number of hydrogen-bond donors (Lipinski definition) is 1. The Morgan fingerprint density at radius 1 is 1.23 bits per heavy atom. The molecule has 1 aromatic rings. The van der Waals surface area contributed by atoms with Crippen molar-refractivity contribution in [3.05, 3.63) is 28.8 Å². The summed E-state index contributed by atoms with van der Waals surface area (Å²) in [6.45, 7) is 13.6. The van der Waals surface area contributed by atoms with Gasteiger partial charge in [-0.2, -0.15) is 0 Å². The van der Waals surface area contributed by atoms with Crippen molar-refractivity contribution < 1.29 is 19.4 Å². The first kappa shape index (κ1) is 21.8. The molecule has 6 heteroatoms. The number of carbonyl (C=O) groups excluding carboxylic acids is 1. The van der Waals surface area contributed by atoms with Gasteiger partial charge in [0.1, 0.15) is 13.7 Å². The maximum atomic E-state index is 12.4. The largest absolute Gasteiger partial charge is 0.481 e. The van der Waals surface area contributed by atoms with E-state index in [2.05, 4.69) is 31.1 Å². The first-order valence-electron chi connectivity index (χ1n) is 8.55. The molecular formula is C20H29NO4Si. The van der Waals surface area contributed by atoms with Crippen molar-refractivity contribution in [1.82, 2.24) is 0 Å². The minimum atomic E-state index is -1.58. The zero-order valence-corrected chi connectivity index (χ0v) is 18.0. The Labute approximate surface area is 157 Å². The Morgan fingerprint density at radius 2 is 1.81 bits per heavy atom. The molecule has 0 bridgehead atoms. The molecular weight excluding hydrogens is 346 g/mol. The normalized spacial score (nSPS) is 11.4. The molecule has 0 aliphatic carbocycles. The van der Waals surface area contributed by atoms with E-state index in [0.717, 1.165) is 5.56 Å². The number of nitrogens with zero attached hydrogens (tertiary/aromatic N) is 1. The minimum Gasteiger partial charge on any atom is -0.481 e. The number of benzene rings is 1. The van der Waals surface area contributed by atoms with Crippen molar-refractivity contribution >= 4 is 25.8 Å². The summed E-state index contributed by atoms with van der Waals surface area (Å²) in [6, 6.07) is 3.61. The smallest absolute Gasteiger partial charge is 0.414 e. The average molecular weight is 376 g/mol. The molecule has 0 atom stereocenters. The molecule has 26 heavy (non-hydrogen) atoms. The fraction of sp³-hybridized carbons (Fsp3) is 0.500. The Morgan fingerprint density at radius 3 is 2.27 bits per heavy atom. The highest BCUT2D eigenvalue weighted by Crippen LogP contribution is 2.26. The first-order valence-corrected chi connectivity index (χ1v) is 12.0. The molecule has 0 spiro atoms. The van der Waals surface area contributed by atoms with E-state index in [1.807, 2.05) is 13.0 Å². The zero-order valence-electron chi connectivity index (χ0n) is 17.0. The van der Waals surface area contributed by atoms with E-state index < -0.39 is 25.7 Å². The van der Waals surface area contributed by atoms with E-state index in [-0.39, 0.29) is 6.42 Å². The van der Waals surface area contributed by atoms with Crippen LogP contribution in [0.5, 0.6) is 0 Å². The van der Waals surface area contributed by atoms with Gasteiger partial charge >= 0.3 is 12.1 Å². The van der Waals surface area contributed by atoms with Gasteiger partial charge in [-0.05, 0) is 51.0 Å². The third kappa shape index (κ3) is 6.93. The summed E-state index contributed by atoms with van der Waals surface area (Å²) < 4.78 is 5.43. The van der Waals surface area contributed by atoms with Crippen LogP contribution in [0.2, 0.25) is 19.6 Å². The van der Waals surface area contributed by atoms with E-state index in [0.29, 0.717) is 16.8 Å². The molecule has 0 fully saturated rings. The number of aliphatic carboxylic acids is 1. The summed E-state index contributed by atoms with van der Waals surface area (Å²) >= 11 is 0. The van der Waals surface area contributed by atoms with Gasteiger partial charge in [-0.25, -0.2) is 4.79 Å². The van der Waals surface area contributed by atoms with Crippen LogP contribution >= 0.6 is 0 Å². The number of rotatable bonds is 3. The van der Waals surface area contributed by atoms with Crippen molar-refractivity contribution in [3.63, 3.8) is 0 Å². The fourth-order valence-corrected chi connectivity index (χ4v) is 2.73. The maximum Gasteiger partial charge on any atom is 0.414 e. The first-order chi connectivity index (χ1) is 11.7. The van der Waals surface area contributed by atoms with Crippen molar-refractivity contribution in [2.75, 3.05) is 11.9 Å². The van der Waals surface area contributed by atoms with Gasteiger partial charge < -0.3 is 9.84 Å². The predicted octanol–water partition coefficient (Wildman–Crippen LogP) is 4.22. The number of carboxylic acid groups (broad SMARTS) is 1. The van der Waals surface area contributed by atoms with Crippen LogP contribution in [0, 0.1) is 18.4 Å². The Hall–Kier alpha value is -2.26. The molecule has 0 saturated heterocycles. The number of amides is 1. The average Bonchev–Trinajstić information content (AvgIpc) is 2.44. The van der Waals surface area contributed by atoms with Gasteiger partial charge in [0.05, 0.1) is 12.1 Å². The second kappa shape index (κ2) is 7.96. The molecule has 1 rings (SSSR count). The van der Waals surface area contributed by atoms with Crippen LogP contribution in [0.1, 0.15) is 37.5 Å². The minimum absolute atomic E-state index is 0.122. The van der Waals surface area contributed by atoms with Crippen LogP contribution in [0.15, 0.2) is 12.1 Å². The molecule has 0 unspecified atom stereocenters. The zero-order chi connectivity index (χ0) is 20.3. The van der Waals surface area contributed by atoms with Crippen LogP contribution in [-0.2, 0) is 16.0 Å². The number of hydrogen-bond acceptors (Lipinski definition) is 3. The lowest BCUT2D eigenvalue weighted by Gasteiger charge is -2.26. The van der Waals surface area contributed by atoms with Gasteiger partial charge in [0.25, 0.3) is 0 Å². The van der Waals surface area contributed by atoms with Gasteiger partial charge in [0.15, 0.2) is 0 Å². The van der Waals surface area contributed by atoms with Crippen LogP contribution < -0.4 is 4.90 Å². The van der Waals surface area contributed by atoms with E-state index in [1.54, 1.807) is 33.9 Å². The van der Waals surface area contributed by atoms with E-state index in [9.17, 15) is 14.7 Å². The highest BCUT2D eigenvalue weighted by atomic mass is 28.3. The van der Waals surface area contributed by atoms with Gasteiger partial charge in [-0.3, -0.25) is 9.69 Å². The quantitative estimate of drug-likeness (QED) is 0.634. The SMILES string of the molecule is Cc1c(CC(=O)O)cc(C#C[Si](C)(C)C)cc1N(C)C(=O)OC(C)(C)C. The summed E-state index contributed by atoms with van der Waals surface area (Å²) in [7, 11) is 0.0379. The molecule has 142 valence electrons. The standard InChI is InChI=1S/C20H29NO4Si/c1-14-16(13-18(22)23)11-15(9-10-26(6,7)8)12-17(14)21(5)19(24)25-20(2,3)4/h11-12H,13H2,1-8H3,(H,22,23). The van der Waals surface area contributed by atoms with E-state index >= 15 is 0 Å². The van der Waals surface area contributed by atoms with Crippen LogP contribution in [0.25, 0.3) is 0 Å². The van der Waals surface area contributed by atoms with Crippen LogP contribution in [0.4, 0.5) is 10.5 Å². The molecule has 5 nitrogen and oxygen atoms in total. The van der Waals surface area contributed by atoms with Crippen LogP contribution in [-0.4, -0.2) is 37.9 Å². The number of carboxylic acids is 1. The number of ether oxygens (including phenoxy) is 1. The highest BCUT2D eigenvalue weighted by Gasteiger charge is 2.23. The van der Waals surface area contributed by atoms with Gasteiger partial charge in [0.2, 0.25) is 0 Å².